The molecule has 1 fully saturated rings. The van der Waals surface area contributed by atoms with Gasteiger partial charge in [-0.1, -0.05) is 17.7 Å². The Balaban J connectivity index is 1.53. The molecular weight excluding hydrogens is 409 g/mol. The molecule has 0 atom stereocenters. The Bertz CT molecular complexity index is 871. The number of halogens is 4. The van der Waals surface area contributed by atoms with Crippen molar-refractivity contribution in [2.24, 2.45) is 0 Å². The molecule has 2 heterocycles. The van der Waals surface area contributed by atoms with E-state index in [0.717, 1.165) is 12.3 Å². The largest absolute Gasteiger partial charge is 0.497 e. The van der Waals surface area contributed by atoms with Crippen molar-refractivity contribution < 1.29 is 22.7 Å². The third-order valence-corrected chi connectivity index (χ3v) is 4.82. The van der Waals surface area contributed by atoms with Gasteiger partial charge in [0, 0.05) is 44.1 Å². The summed E-state index contributed by atoms with van der Waals surface area (Å²) in [7, 11) is 1.55. The van der Waals surface area contributed by atoms with Crippen molar-refractivity contribution in [3.63, 3.8) is 0 Å². The molecule has 1 aromatic heterocycles. The van der Waals surface area contributed by atoms with Gasteiger partial charge in [0.15, 0.2) is 0 Å². The third kappa shape index (κ3) is 5.51. The first-order valence-corrected chi connectivity index (χ1v) is 9.28. The number of hydrogen-bond donors (Lipinski definition) is 1. The van der Waals surface area contributed by atoms with E-state index >= 15 is 0 Å². The Kier molecular flexibility index (Phi) is 6.49. The van der Waals surface area contributed by atoms with Gasteiger partial charge in [-0.25, -0.2) is 4.98 Å². The van der Waals surface area contributed by atoms with Crippen LogP contribution in [0.2, 0.25) is 5.02 Å². The Morgan fingerprint density at radius 2 is 1.97 bits per heavy atom. The SMILES string of the molecule is COc1cccc(NC(=O)CN2CCN(c3ncc(C(F)(F)F)cc3Cl)CC2)c1. The molecule has 0 saturated carbocycles. The normalized spacial score (nSPS) is 15.3. The molecule has 0 aliphatic carbocycles. The maximum atomic E-state index is 12.7. The lowest BCUT2D eigenvalue weighted by atomic mass is 10.2. The van der Waals surface area contributed by atoms with Gasteiger partial charge in [0.25, 0.3) is 0 Å². The molecule has 0 radical (unpaired) electrons. The molecule has 0 unspecified atom stereocenters. The summed E-state index contributed by atoms with van der Waals surface area (Å²) in [4.78, 5) is 19.9. The van der Waals surface area contributed by atoms with Gasteiger partial charge in [-0.3, -0.25) is 9.69 Å². The van der Waals surface area contributed by atoms with Crippen LogP contribution in [-0.2, 0) is 11.0 Å². The van der Waals surface area contributed by atoms with E-state index in [1.165, 1.54) is 0 Å². The van der Waals surface area contributed by atoms with E-state index in [1.807, 2.05) is 9.80 Å². The lowest BCUT2D eigenvalue weighted by molar-refractivity contribution is -0.137. The van der Waals surface area contributed by atoms with Crippen molar-refractivity contribution >= 4 is 29.0 Å². The molecule has 3 rings (SSSR count). The molecule has 29 heavy (non-hydrogen) atoms. The van der Waals surface area contributed by atoms with E-state index in [-0.39, 0.29) is 17.5 Å². The zero-order valence-corrected chi connectivity index (χ0v) is 16.4. The van der Waals surface area contributed by atoms with Crippen LogP contribution in [0, 0.1) is 0 Å². The highest BCUT2D eigenvalue weighted by Gasteiger charge is 2.32. The number of benzene rings is 1. The molecule has 10 heteroatoms. The molecule has 1 N–H and O–H groups in total. The number of alkyl halides is 3. The number of pyridine rings is 1. The Hall–Kier alpha value is -2.52. The van der Waals surface area contributed by atoms with Gasteiger partial charge in [0.05, 0.1) is 24.2 Å². The molecule has 156 valence electrons. The van der Waals surface area contributed by atoms with Gasteiger partial charge in [0.1, 0.15) is 11.6 Å². The van der Waals surface area contributed by atoms with E-state index in [0.29, 0.717) is 43.4 Å². The number of carbonyl (C=O) groups excluding carboxylic acids is 1. The quantitative estimate of drug-likeness (QED) is 0.789. The van der Waals surface area contributed by atoms with Crippen molar-refractivity contribution in [1.29, 1.82) is 0 Å². The molecule has 0 bridgehead atoms. The number of nitrogens with zero attached hydrogens (tertiary/aromatic N) is 3. The van der Waals surface area contributed by atoms with Gasteiger partial charge in [-0.15, -0.1) is 0 Å². The first-order valence-electron chi connectivity index (χ1n) is 8.90. The molecule has 1 amide bonds. The number of rotatable bonds is 5. The van der Waals surface area contributed by atoms with Crippen LogP contribution < -0.4 is 15.0 Å². The van der Waals surface area contributed by atoms with Crippen LogP contribution in [0.25, 0.3) is 0 Å². The summed E-state index contributed by atoms with van der Waals surface area (Å²) in [6.45, 7) is 2.34. The van der Waals surface area contributed by atoms with E-state index in [9.17, 15) is 18.0 Å². The zero-order chi connectivity index (χ0) is 21.0. The summed E-state index contributed by atoms with van der Waals surface area (Å²) in [5, 5.41) is 2.78. The zero-order valence-electron chi connectivity index (χ0n) is 15.7. The highest BCUT2D eigenvalue weighted by Crippen LogP contribution is 2.33. The summed E-state index contributed by atoms with van der Waals surface area (Å²) in [5.41, 5.74) is -0.229. The lowest BCUT2D eigenvalue weighted by Crippen LogP contribution is -2.49. The Labute approximate surface area is 171 Å². The van der Waals surface area contributed by atoms with Crippen molar-refractivity contribution in [1.82, 2.24) is 9.88 Å². The smallest absolute Gasteiger partial charge is 0.417 e. The highest BCUT2D eigenvalue weighted by atomic mass is 35.5. The number of piperazine rings is 1. The maximum Gasteiger partial charge on any atom is 0.417 e. The highest BCUT2D eigenvalue weighted by molar-refractivity contribution is 6.33. The fourth-order valence-electron chi connectivity index (χ4n) is 3.04. The Morgan fingerprint density at radius 3 is 2.59 bits per heavy atom. The molecule has 6 nitrogen and oxygen atoms in total. The standard InChI is InChI=1S/C19H20ClF3N4O2/c1-29-15-4-2-3-14(10-15)25-17(28)12-26-5-7-27(8-6-26)18-16(20)9-13(11-24-18)19(21,22)23/h2-4,9-11H,5-8,12H2,1H3,(H,25,28). The number of nitrogens with one attached hydrogen (secondary N) is 1. The minimum absolute atomic E-state index is 0.0379. The first kappa shape index (κ1) is 21.2. The van der Waals surface area contributed by atoms with Crippen LogP contribution in [0.5, 0.6) is 5.75 Å². The molecule has 0 spiro atoms. The van der Waals surface area contributed by atoms with Gasteiger partial charge in [-0.2, -0.15) is 13.2 Å². The van der Waals surface area contributed by atoms with Crippen molar-refractivity contribution in [3.05, 3.63) is 47.1 Å². The molecule has 1 aromatic carbocycles. The summed E-state index contributed by atoms with van der Waals surface area (Å²) in [6, 6.07) is 7.96. The Morgan fingerprint density at radius 1 is 1.24 bits per heavy atom. The number of aromatic nitrogens is 1. The van der Waals surface area contributed by atoms with Crippen LogP contribution in [0.4, 0.5) is 24.7 Å². The predicted molar refractivity (Wildman–Crippen MR) is 105 cm³/mol. The van der Waals surface area contributed by atoms with Gasteiger partial charge in [0.2, 0.25) is 5.91 Å². The molecule has 1 aliphatic heterocycles. The monoisotopic (exact) mass is 428 g/mol. The van der Waals surface area contributed by atoms with Gasteiger partial charge in [-0.05, 0) is 18.2 Å². The minimum atomic E-state index is -4.48. The maximum absolute atomic E-state index is 12.7. The molecule has 1 aliphatic rings. The van der Waals surface area contributed by atoms with Crippen LogP contribution >= 0.6 is 11.6 Å². The van der Waals surface area contributed by atoms with Crippen molar-refractivity contribution in [3.8, 4) is 5.75 Å². The number of methoxy groups -OCH3 is 1. The van der Waals surface area contributed by atoms with E-state index in [1.54, 1.807) is 31.4 Å². The fraction of sp³-hybridized carbons (Fsp3) is 0.368. The second-order valence-corrected chi connectivity index (χ2v) is 6.98. The second-order valence-electron chi connectivity index (χ2n) is 6.57. The van der Waals surface area contributed by atoms with Crippen LogP contribution in [0.3, 0.4) is 0 Å². The second kappa shape index (κ2) is 8.87. The predicted octanol–water partition coefficient (Wildman–Crippen LogP) is 3.52. The van der Waals surface area contributed by atoms with E-state index < -0.39 is 11.7 Å². The number of hydrogen-bond acceptors (Lipinski definition) is 5. The summed E-state index contributed by atoms with van der Waals surface area (Å²) >= 11 is 6.01. The number of amides is 1. The lowest BCUT2D eigenvalue weighted by Gasteiger charge is -2.35. The first-order chi connectivity index (χ1) is 13.8. The molecular formula is C19H20ClF3N4O2. The van der Waals surface area contributed by atoms with Crippen LogP contribution in [0.15, 0.2) is 36.5 Å². The van der Waals surface area contributed by atoms with E-state index in [2.05, 4.69) is 10.3 Å². The van der Waals surface area contributed by atoms with Crippen molar-refractivity contribution in [2.45, 2.75) is 6.18 Å². The average Bonchev–Trinajstić information content (AvgIpc) is 2.68. The summed E-state index contributed by atoms with van der Waals surface area (Å²) in [6.07, 6.45) is -3.70. The number of ether oxygens (including phenoxy) is 1. The topological polar surface area (TPSA) is 57.7 Å². The molecule has 1 saturated heterocycles. The minimum Gasteiger partial charge on any atom is -0.497 e. The summed E-state index contributed by atoms with van der Waals surface area (Å²) < 4.78 is 43.4. The third-order valence-electron chi connectivity index (χ3n) is 4.54. The number of carbonyl (C=O) groups is 1. The summed E-state index contributed by atoms with van der Waals surface area (Å²) in [5.74, 6) is 0.815. The van der Waals surface area contributed by atoms with Crippen LogP contribution in [0.1, 0.15) is 5.56 Å². The van der Waals surface area contributed by atoms with Crippen LogP contribution in [-0.4, -0.2) is 55.6 Å². The number of anilines is 2. The van der Waals surface area contributed by atoms with Gasteiger partial charge >= 0.3 is 6.18 Å². The van der Waals surface area contributed by atoms with Crippen molar-refractivity contribution in [2.75, 3.05) is 50.1 Å². The molecule has 2 aromatic rings. The van der Waals surface area contributed by atoms with E-state index in [4.69, 9.17) is 16.3 Å². The fourth-order valence-corrected chi connectivity index (χ4v) is 3.33. The average molecular weight is 429 g/mol. The van der Waals surface area contributed by atoms with Gasteiger partial charge < -0.3 is 15.0 Å².